The van der Waals surface area contributed by atoms with Crippen LogP contribution in [0.1, 0.15) is 30.4 Å². The van der Waals surface area contributed by atoms with Crippen molar-refractivity contribution in [1.82, 2.24) is 9.62 Å². The van der Waals surface area contributed by atoms with Crippen LogP contribution in [0.15, 0.2) is 48.5 Å². The fraction of sp³-hybridized carbons (Fsp3) is 0.409. The summed E-state index contributed by atoms with van der Waals surface area (Å²) in [5.41, 5.74) is 4.75. The molecule has 2 unspecified atom stereocenters. The maximum Gasteiger partial charge on any atom is 0.223 e. The van der Waals surface area contributed by atoms with Gasteiger partial charge in [0.25, 0.3) is 0 Å². The highest BCUT2D eigenvalue weighted by atomic mass is 32.2. The molecule has 2 heterocycles. The molecular formula is C22H26N2O3S. The van der Waals surface area contributed by atoms with Gasteiger partial charge in [-0.2, -0.15) is 0 Å². The molecule has 2 atom stereocenters. The third-order valence-electron chi connectivity index (χ3n) is 5.84. The van der Waals surface area contributed by atoms with E-state index < -0.39 is 10.0 Å². The Balaban J connectivity index is 1.75. The summed E-state index contributed by atoms with van der Waals surface area (Å²) in [5, 5.41) is 0. The van der Waals surface area contributed by atoms with Crippen LogP contribution in [-0.2, 0) is 27.7 Å². The standard InChI is InChI=1S/C22H26N2O3S/c1-28(26,27)23-20-11-6-14-24-21(20)15-17-9-5-10-18(16-7-3-2-4-8-16)19(17)12-13-22(24)25/h2-5,7-10,20-21,23H,6,11-15H2,1H3. The van der Waals surface area contributed by atoms with Gasteiger partial charge in [-0.3, -0.25) is 4.79 Å². The normalized spacial score (nSPS) is 22.8. The van der Waals surface area contributed by atoms with E-state index in [0.29, 0.717) is 25.8 Å². The Morgan fingerprint density at radius 1 is 1.04 bits per heavy atom. The molecule has 6 heteroatoms. The summed E-state index contributed by atoms with van der Waals surface area (Å²) in [6.07, 6.45) is 4.63. The van der Waals surface area contributed by atoms with Crippen molar-refractivity contribution in [2.45, 2.75) is 44.2 Å². The fourth-order valence-corrected chi connectivity index (χ4v) is 5.47. The Morgan fingerprint density at radius 3 is 2.57 bits per heavy atom. The molecule has 0 saturated carbocycles. The Labute approximate surface area is 166 Å². The van der Waals surface area contributed by atoms with Crippen LogP contribution in [0.25, 0.3) is 11.1 Å². The summed E-state index contributed by atoms with van der Waals surface area (Å²) in [6.45, 7) is 0.707. The molecule has 4 rings (SSSR count). The average Bonchev–Trinajstić information content (AvgIpc) is 2.66. The highest BCUT2D eigenvalue weighted by Crippen LogP contribution is 2.32. The van der Waals surface area contributed by atoms with Crippen molar-refractivity contribution >= 4 is 15.9 Å². The van der Waals surface area contributed by atoms with Crippen molar-refractivity contribution in [3.05, 3.63) is 59.7 Å². The minimum absolute atomic E-state index is 0.124. The number of nitrogens with one attached hydrogen (secondary N) is 1. The van der Waals surface area contributed by atoms with Crippen molar-refractivity contribution < 1.29 is 13.2 Å². The van der Waals surface area contributed by atoms with Gasteiger partial charge in [0, 0.05) is 19.0 Å². The van der Waals surface area contributed by atoms with Crippen molar-refractivity contribution in [2.75, 3.05) is 12.8 Å². The number of benzene rings is 2. The Morgan fingerprint density at radius 2 is 1.82 bits per heavy atom. The average molecular weight is 399 g/mol. The van der Waals surface area contributed by atoms with Gasteiger partial charge in [0.2, 0.25) is 15.9 Å². The van der Waals surface area contributed by atoms with Gasteiger partial charge in [-0.1, -0.05) is 48.5 Å². The number of amides is 1. The summed E-state index contributed by atoms with van der Waals surface area (Å²) in [6, 6.07) is 16.2. The lowest BCUT2D eigenvalue weighted by atomic mass is 9.84. The summed E-state index contributed by atoms with van der Waals surface area (Å²) in [5.74, 6) is 0.124. The monoisotopic (exact) mass is 398 g/mol. The molecule has 0 bridgehead atoms. The smallest absolute Gasteiger partial charge is 0.223 e. The summed E-state index contributed by atoms with van der Waals surface area (Å²) in [7, 11) is -3.33. The fourth-order valence-electron chi connectivity index (χ4n) is 4.64. The van der Waals surface area contributed by atoms with E-state index in [-0.39, 0.29) is 18.0 Å². The van der Waals surface area contributed by atoms with E-state index in [2.05, 4.69) is 35.1 Å². The van der Waals surface area contributed by atoms with Crippen LogP contribution in [0.2, 0.25) is 0 Å². The van der Waals surface area contributed by atoms with Gasteiger partial charge in [0.15, 0.2) is 0 Å². The van der Waals surface area contributed by atoms with E-state index >= 15 is 0 Å². The maximum absolute atomic E-state index is 12.9. The van der Waals surface area contributed by atoms with Crippen LogP contribution in [0, 0.1) is 0 Å². The lowest BCUT2D eigenvalue weighted by molar-refractivity contribution is -0.135. The van der Waals surface area contributed by atoms with Crippen LogP contribution in [0.3, 0.4) is 0 Å². The molecule has 28 heavy (non-hydrogen) atoms. The Bertz CT molecular complexity index is 973. The summed E-state index contributed by atoms with van der Waals surface area (Å²) >= 11 is 0. The number of hydrogen-bond donors (Lipinski definition) is 1. The number of sulfonamides is 1. The summed E-state index contributed by atoms with van der Waals surface area (Å²) < 4.78 is 26.5. The largest absolute Gasteiger partial charge is 0.338 e. The Hall–Kier alpha value is -2.18. The molecule has 0 aliphatic carbocycles. The molecule has 148 valence electrons. The molecule has 2 aromatic carbocycles. The van der Waals surface area contributed by atoms with E-state index in [1.165, 1.54) is 22.9 Å². The molecule has 0 aromatic heterocycles. The van der Waals surface area contributed by atoms with Gasteiger partial charge in [-0.25, -0.2) is 13.1 Å². The quantitative estimate of drug-likeness (QED) is 0.865. The van der Waals surface area contributed by atoms with Gasteiger partial charge in [0.05, 0.1) is 12.3 Å². The minimum atomic E-state index is -3.33. The molecule has 1 N–H and O–H groups in total. The van der Waals surface area contributed by atoms with Crippen molar-refractivity contribution in [2.24, 2.45) is 0 Å². The van der Waals surface area contributed by atoms with Gasteiger partial charge in [0.1, 0.15) is 0 Å². The number of carbonyl (C=O) groups excluding carboxylic acids is 1. The van der Waals surface area contributed by atoms with E-state index in [9.17, 15) is 13.2 Å². The number of fused-ring (bicyclic) bond motifs is 2. The van der Waals surface area contributed by atoms with Crippen LogP contribution >= 0.6 is 0 Å². The molecule has 1 amide bonds. The SMILES string of the molecule is CS(=O)(=O)NC1CCCN2C(=O)CCc3c(cccc3-c3ccccc3)CC12. The van der Waals surface area contributed by atoms with E-state index in [1.54, 1.807) is 0 Å². The van der Waals surface area contributed by atoms with Crippen molar-refractivity contribution in [3.63, 3.8) is 0 Å². The topological polar surface area (TPSA) is 66.5 Å². The summed E-state index contributed by atoms with van der Waals surface area (Å²) in [4.78, 5) is 14.8. The van der Waals surface area contributed by atoms with Crippen LogP contribution < -0.4 is 4.72 Å². The predicted molar refractivity (Wildman–Crippen MR) is 110 cm³/mol. The first-order valence-corrected chi connectivity index (χ1v) is 11.7. The molecule has 1 fully saturated rings. The van der Waals surface area contributed by atoms with Gasteiger partial charge < -0.3 is 4.90 Å². The van der Waals surface area contributed by atoms with Gasteiger partial charge in [-0.05, 0) is 47.9 Å². The lowest BCUT2D eigenvalue weighted by Crippen LogP contribution is -2.58. The third kappa shape index (κ3) is 3.98. The highest BCUT2D eigenvalue weighted by Gasteiger charge is 2.37. The zero-order valence-corrected chi connectivity index (χ0v) is 16.9. The number of piperidine rings is 1. The van der Waals surface area contributed by atoms with Gasteiger partial charge >= 0.3 is 0 Å². The van der Waals surface area contributed by atoms with Gasteiger partial charge in [-0.15, -0.1) is 0 Å². The second-order valence-electron chi connectivity index (χ2n) is 7.81. The van der Waals surface area contributed by atoms with Crippen LogP contribution in [-0.4, -0.2) is 44.1 Å². The molecule has 1 saturated heterocycles. The molecule has 0 spiro atoms. The number of rotatable bonds is 3. The molecule has 2 aliphatic heterocycles. The predicted octanol–water partition coefficient (Wildman–Crippen LogP) is 2.75. The number of carbonyl (C=O) groups is 1. The van der Waals surface area contributed by atoms with Crippen molar-refractivity contribution in [3.8, 4) is 11.1 Å². The van der Waals surface area contributed by atoms with Crippen molar-refractivity contribution in [1.29, 1.82) is 0 Å². The molecule has 2 aliphatic rings. The van der Waals surface area contributed by atoms with Crippen LogP contribution in [0.4, 0.5) is 0 Å². The second kappa shape index (κ2) is 7.68. The van der Waals surface area contributed by atoms with E-state index in [4.69, 9.17) is 0 Å². The molecular weight excluding hydrogens is 372 g/mol. The lowest BCUT2D eigenvalue weighted by Gasteiger charge is -2.43. The Kier molecular flexibility index (Phi) is 5.25. The number of hydrogen-bond acceptors (Lipinski definition) is 3. The van der Waals surface area contributed by atoms with E-state index in [1.807, 2.05) is 23.1 Å². The van der Waals surface area contributed by atoms with Crippen LogP contribution in [0.5, 0.6) is 0 Å². The zero-order chi connectivity index (χ0) is 19.7. The maximum atomic E-state index is 12.9. The first-order chi connectivity index (χ1) is 13.4. The molecule has 5 nitrogen and oxygen atoms in total. The first-order valence-electron chi connectivity index (χ1n) is 9.85. The highest BCUT2D eigenvalue weighted by molar-refractivity contribution is 7.88. The minimum Gasteiger partial charge on any atom is -0.338 e. The molecule has 2 aromatic rings. The second-order valence-corrected chi connectivity index (χ2v) is 9.59. The zero-order valence-electron chi connectivity index (χ0n) is 16.1. The third-order valence-corrected chi connectivity index (χ3v) is 6.57. The first kappa shape index (κ1) is 19.2. The number of nitrogens with zero attached hydrogens (tertiary/aromatic N) is 1. The van der Waals surface area contributed by atoms with E-state index in [0.717, 1.165) is 18.4 Å². The molecule has 0 radical (unpaired) electrons.